The lowest BCUT2D eigenvalue weighted by Gasteiger charge is -2.18. The van der Waals surface area contributed by atoms with Crippen LogP contribution in [0.2, 0.25) is 0 Å². The number of rotatable bonds is 8. The van der Waals surface area contributed by atoms with Gasteiger partial charge in [-0.3, -0.25) is 19.2 Å². The Hall–Kier alpha value is -5.10. The largest absolute Gasteiger partial charge is 0.507 e. The van der Waals surface area contributed by atoms with E-state index in [9.17, 15) is 29.4 Å². The molecule has 0 aromatic heterocycles. The van der Waals surface area contributed by atoms with Gasteiger partial charge < -0.3 is 10.2 Å². The first-order valence-corrected chi connectivity index (χ1v) is 11.4. The molecule has 0 fully saturated rings. The molecule has 4 aromatic rings. The second-order valence-electron chi connectivity index (χ2n) is 8.27. The minimum atomic E-state index is -0.869. The number of benzene rings is 4. The molecule has 0 amide bonds. The van der Waals surface area contributed by atoms with Gasteiger partial charge >= 0.3 is 0 Å². The number of carbonyl (C=O) groups is 4. The molecule has 0 unspecified atom stereocenters. The highest BCUT2D eigenvalue weighted by Gasteiger charge is 2.33. The van der Waals surface area contributed by atoms with Crippen LogP contribution in [-0.4, -0.2) is 33.3 Å². The molecule has 2 N–H and O–H groups in total. The van der Waals surface area contributed by atoms with Crippen molar-refractivity contribution >= 4 is 23.1 Å². The second kappa shape index (κ2) is 10.7. The highest BCUT2D eigenvalue weighted by Crippen LogP contribution is 2.40. The molecule has 0 aliphatic carbocycles. The fourth-order valence-corrected chi connectivity index (χ4v) is 3.94. The zero-order valence-corrected chi connectivity index (χ0v) is 19.8. The van der Waals surface area contributed by atoms with E-state index in [0.717, 1.165) is 12.2 Å². The predicted molar refractivity (Wildman–Crippen MR) is 139 cm³/mol. The molecule has 0 aliphatic heterocycles. The Morgan fingerprint density at radius 2 is 0.892 bits per heavy atom. The van der Waals surface area contributed by atoms with Gasteiger partial charge in [0, 0.05) is 22.3 Å². The standard InChI is InChI=1S/C31H22O6/c1-19-28(34)25(24(33)18-17-23(32)20-11-5-2-6-12-20)26(30(36)21-13-7-3-8-14-21)27(29(19)35)31(37)22-15-9-4-10-16-22/h2-18,34-35H,1H3. The van der Waals surface area contributed by atoms with Crippen molar-refractivity contribution in [3.8, 4) is 11.5 Å². The lowest BCUT2D eigenvalue weighted by atomic mass is 9.85. The molecule has 0 saturated carbocycles. The number of hydrogen-bond donors (Lipinski definition) is 2. The zero-order valence-electron chi connectivity index (χ0n) is 19.8. The van der Waals surface area contributed by atoms with E-state index in [0.29, 0.717) is 5.56 Å². The van der Waals surface area contributed by atoms with Crippen molar-refractivity contribution in [2.45, 2.75) is 6.92 Å². The lowest BCUT2D eigenvalue weighted by molar-refractivity contribution is 0.0987. The molecule has 0 saturated heterocycles. The third kappa shape index (κ3) is 4.99. The Bertz CT molecular complexity index is 1540. The van der Waals surface area contributed by atoms with Crippen LogP contribution in [0, 0.1) is 6.92 Å². The molecule has 6 heteroatoms. The van der Waals surface area contributed by atoms with Crippen molar-refractivity contribution in [2.75, 3.05) is 0 Å². The fraction of sp³-hybridized carbons (Fsp3) is 0.0323. The molecule has 182 valence electrons. The molecule has 0 bridgehead atoms. The van der Waals surface area contributed by atoms with Crippen molar-refractivity contribution in [3.05, 3.63) is 142 Å². The van der Waals surface area contributed by atoms with Gasteiger partial charge in [0.1, 0.15) is 11.5 Å². The van der Waals surface area contributed by atoms with Crippen LogP contribution in [0.4, 0.5) is 0 Å². The molecule has 37 heavy (non-hydrogen) atoms. The van der Waals surface area contributed by atoms with Gasteiger partial charge in [0.05, 0.1) is 16.7 Å². The van der Waals surface area contributed by atoms with E-state index in [1.807, 2.05) is 0 Å². The number of hydrogen-bond acceptors (Lipinski definition) is 6. The SMILES string of the molecule is Cc1c(O)c(C(=O)C=CC(=O)c2ccccc2)c(C(=O)c2ccccc2)c(C(=O)c2ccccc2)c1O. The molecular formula is C31H22O6. The average molecular weight is 491 g/mol. The van der Waals surface area contributed by atoms with Crippen molar-refractivity contribution in [1.82, 2.24) is 0 Å². The molecule has 0 heterocycles. The van der Waals surface area contributed by atoms with Gasteiger partial charge in [-0.05, 0) is 19.1 Å². The van der Waals surface area contributed by atoms with E-state index in [1.54, 1.807) is 66.7 Å². The Labute approximate surface area is 213 Å². The zero-order chi connectivity index (χ0) is 26.5. The minimum Gasteiger partial charge on any atom is -0.507 e. The summed E-state index contributed by atoms with van der Waals surface area (Å²) in [5, 5.41) is 21.9. The van der Waals surface area contributed by atoms with Crippen LogP contribution in [0.15, 0.2) is 103 Å². The summed E-state index contributed by atoms with van der Waals surface area (Å²) in [5.41, 5.74) is -0.790. The van der Waals surface area contributed by atoms with E-state index in [4.69, 9.17) is 0 Å². The van der Waals surface area contributed by atoms with Crippen molar-refractivity contribution in [1.29, 1.82) is 0 Å². The number of aromatic hydroxyl groups is 2. The summed E-state index contributed by atoms with van der Waals surface area (Å²) in [4.78, 5) is 53.1. The summed E-state index contributed by atoms with van der Waals surface area (Å²) in [6.45, 7) is 1.33. The number of allylic oxidation sites excluding steroid dienone is 2. The highest BCUT2D eigenvalue weighted by molar-refractivity contribution is 6.27. The van der Waals surface area contributed by atoms with E-state index in [1.165, 1.54) is 31.2 Å². The molecule has 0 aliphatic rings. The predicted octanol–water partition coefficient (Wildman–Crippen LogP) is 5.49. The maximum Gasteiger partial charge on any atom is 0.197 e. The van der Waals surface area contributed by atoms with Crippen LogP contribution in [0.3, 0.4) is 0 Å². The Balaban J connectivity index is 1.93. The van der Waals surface area contributed by atoms with Gasteiger partial charge in [-0.2, -0.15) is 0 Å². The maximum atomic E-state index is 13.7. The Morgan fingerprint density at radius 1 is 0.514 bits per heavy atom. The third-order valence-electron chi connectivity index (χ3n) is 5.90. The number of phenolic OH excluding ortho intramolecular Hbond substituents is 2. The van der Waals surface area contributed by atoms with Gasteiger partial charge in [0.2, 0.25) is 0 Å². The Morgan fingerprint density at radius 3 is 1.38 bits per heavy atom. The number of carbonyl (C=O) groups excluding carboxylic acids is 4. The average Bonchev–Trinajstić information content (AvgIpc) is 2.95. The highest BCUT2D eigenvalue weighted by atomic mass is 16.3. The fourth-order valence-electron chi connectivity index (χ4n) is 3.94. The van der Waals surface area contributed by atoms with E-state index >= 15 is 0 Å². The summed E-state index contributed by atoms with van der Waals surface area (Å²) in [7, 11) is 0. The summed E-state index contributed by atoms with van der Waals surface area (Å²) in [6.07, 6.45) is 1.98. The van der Waals surface area contributed by atoms with Crippen LogP contribution in [0.1, 0.15) is 58.1 Å². The van der Waals surface area contributed by atoms with Crippen molar-refractivity contribution < 1.29 is 29.4 Å². The van der Waals surface area contributed by atoms with Gasteiger partial charge in [-0.25, -0.2) is 0 Å². The van der Waals surface area contributed by atoms with E-state index in [-0.39, 0.29) is 16.7 Å². The number of phenols is 2. The quantitative estimate of drug-likeness (QED) is 0.250. The van der Waals surface area contributed by atoms with Crippen molar-refractivity contribution in [2.24, 2.45) is 0 Å². The number of ketones is 4. The van der Waals surface area contributed by atoms with Gasteiger partial charge in [-0.1, -0.05) is 91.0 Å². The van der Waals surface area contributed by atoms with Crippen LogP contribution in [0.5, 0.6) is 11.5 Å². The van der Waals surface area contributed by atoms with Gasteiger partial charge in [-0.15, -0.1) is 0 Å². The summed E-state index contributed by atoms with van der Waals surface area (Å²) in [5.74, 6) is -4.02. The molecular weight excluding hydrogens is 468 g/mol. The van der Waals surface area contributed by atoms with Crippen LogP contribution >= 0.6 is 0 Å². The molecule has 4 rings (SSSR count). The molecule has 4 aromatic carbocycles. The minimum absolute atomic E-state index is 0.143. The van der Waals surface area contributed by atoms with Gasteiger partial charge in [0.25, 0.3) is 0 Å². The summed E-state index contributed by atoms with van der Waals surface area (Å²) < 4.78 is 0. The topological polar surface area (TPSA) is 109 Å². The second-order valence-corrected chi connectivity index (χ2v) is 8.27. The van der Waals surface area contributed by atoms with Crippen LogP contribution < -0.4 is 0 Å². The third-order valence-corrected chi connectivity index (χ3v) is 5.90. The smallest absolute Gasteiger partial charge is 0.197 e. The maximum absolute atomic E-state index is 13.7. The summed E-state index contributed by atoms with van der Waals surface area (Å²) in [6, 6.07) is 24.2. The van der Waals surface area contributed by atoms with Crippen molar-refractivity contribution in [3.63, 3.8) is 0 Å². The lowest BCUT2D eigenvalue weighted by Crippen LogP contribution is -2.18. The molecule has 0 atom stereocenters. The Kier molecular flexibility index (Phi) is 7.21. The molecule has 0 spiro atoms. The molecule has 0 radical (unpaired) electrons. The van der Waals surface area contributed by atoms with E-state index in [2.05, 4.69) is 0 Å². The summed E-state index contributed by atoms with van der Waals surface area (Å²) >= 11 is 0. The van der Waals surface area contributed by atoms with Gasteiger partial charge in [0.15, 0.2) is 23.1 Å². The first-order valence-electron chi connectivity index (χ1n) is 11.4. The van der Waals surface area contributed by atoms with Crippen LogP contribution in [0.25, 0.3) is 0 Å². The first-order chi connectivity index (χ1) is 17.8. The van der Waals surface area contributed by atoms with Crippen LogP contribution in [-0.2, 0) is 0 Å². The monoisotopic (exact) mass is 490 g/mol. The normalized spacial score (nSPS) is 10.8. The molecule has 6 nitrogen and oxygen atoms in total. The first kappa shape index (κ1) is 25.0. The van der Waals surface area contributed by atoms with E-state index < -0.39 is 51.3 Å².